The zero-order valence-electron chi connectivity index (χ0n) is 17.7. The second kappa shape index (κ2) is 8.13. The third kappa shape index (κ3) is 3.92. The van der Waals surface area contributed by atoms with E-state index in [4.69, 9.17) is 0 Å². The second-order valence-electron chi connectivity index (χ2n) is 8.31. The van der Waals surface area contributed by atoms with E-state index in [1.165, 1.54) is 39.9 Å². The highest BCUT2D eigenvalue weighted by atomic mass is 19.1. The Morgan fingerprint density at radius 3 is 2.55 bits per heavy atom. The molecule has 8 nitrogen and oxygen atoms in total. The molecule has 0 bridgehead atoms. The summed E-state index contributed by atoms with van der Waals surface area (Å²) >= 11 is 0. The smallest absolute Gasteiger partial charge is 0.276 e. The molecular formula is C22H26FN5O3. The molecule has 1 saturated carbocycles. The Morgan fingerprint density at radius 1 is 1.23 bits per heavy atom. The molecule has 0 spiro atoms. The van der Waals surface area contributed by atoms with Crippen LogP contribution in [-0.2, 0) is 11.3 Å². The van der Waals surface area contributed by atoms with Crippen LogP contribution in [0.1, 0.15) is 60.5 Å². The standard InChI is InChI=1S/C22H26FN5O3/c1-3-27-20(30)18-12-17(19(29)24-16-10-8-14(23)9-11-16)26-28(18)13-22(27,2)21(31)25-15-6-4-5-7-15/h8-12,15H,3-7,13H2,1-2H3,(H,24,29)(H,25,31). The maximum Gasteiger partial charge on any atom is 0.276 e. The SMILES string of the molecule is CCN1C(=O)c2cc(C(=O)Nc3ccc(F)cc3)nn2CC1(C)C(=O)NC1CCCC1. The Balaban J connectivity index is 1.57. The van der Waals surface area contributed by atoms with E-state index in [1.54, 1.807) is 6.92 Å². The summed E-state index contributed by atoms with van der Waals surface area (Å²) in [5.41, 5.74) is -0.362. The molecule has 1 aromatic carbocycles. The van der Waals surface area contributed by atoms with Gasteiger partial charge < -0.3 is 15.5 Å². The number of nitrogens with zero attached hydrogens (tertiary/aromatic N) is 3. The summed E-state index contributed by atoms with van der Waals surface area (Å²) in [6.45, 7) is 4.08. The van der Waals surface area contributed by atoms with Crippen molar-refractivity contribution < 1.29 is 18.8 Å². The summed E-state index contributed by atoms with van der Waals surface area (Å²) in [6, 6.07) is 6.93. The first-order valence-corrected chi connectivity index (χ1v) is 10.6. The first kappa shape index (κ1) is 21.0. The van der Waals surface area contributed by atoms with Crippen LogP contribution in [0.3, 0.4) is 0 Å². The molecule has 1 aliphatic heterocycles. The minimum absolute atomic E-state index is 0.0594. The molecule has 1 aliphatic carbocycles. The lowest BCUT2D eigenvalue weighted by Gasteiger charge is -2.43. The van der Waals surface area contributed by atoms with Crippen molar-refractivity contribution in [1.29, 1.82) is 0 Å². The summed E-state index contributed by atoms with van der Waals surface area (Å²) < 4.78 is 14.5. The number of carbonyl (C=O) groups excluding carboxylic acids is 3. The molecule has 2 N–H and O–H groups in total. The van der Waals surface area contributed by atoms with E-state index in [2.05, 4.69) is 15.7 Å². The van der Waals surface area contributed by atoms with E-state index in [-0.39, 0.29) is 35.8 Å². The van der Waals surface area contributed by atoms with Gasteiger partial charge in [-0.3, -0.25) is 19.1 Å². The van der Waals surface area contributed by atoms with E-state index in [0.29, 0.717) is 12.2 Å². The first-order valence-electron chi connectivity index (χ1n) is 10.6. The molecule has 1 aromatic heterocycles. The van der Waals surface area contributed by atoms with Gasteiger partial charge in [0.05, 0.1) is 6.54 Å². The molecule has 1 unspecified atom stereocenters. The number of aromatic nitrogens is 2. The summed E-state index contributed by atoms with van der Waals surface area (Å²) in [5, 5.41) is 10.0. The van der Waals surface area contributed by atoms with Crippen molar-refractivity contribution in [2.24, 2.45) is 0 Å². The third-order valence-electron chi connectivity index (χ3n) is 6.13. The lowest BCUT2D eigenvalue weighted by molar-refractivity contribution is -0.133. The minimum atomic E-state index is -1.10. The van der Waals surface area contributed by atoms with Gasteiger partial charge in [0.15, 0.2) is 5.69 Å². The van der Waals surface area contributed by atoms with Gasteiger partial charge in [0.2, 0.25) is 5.91 Å². The predicted molar refractivity (Wildman–Crippen MR) is 112 cm³/mol. The number of amides is 3. The Bertz CT molecular complexity index is 1010. The number of anilines is 1. The zero-order valence-corrected chi connectivity index (χ0v) is 17.7. The summed E-state index contributed by atoms with van der Waals surface area (Å²) in [7, 11) is 0. The molecule has 164 valence electrons. The zero-order chi connectivity index (χ0) is 22.2. The molecule has 2 aromatic rings. The van der Waals surface area contributed by atoms with Gasteiger partial charge in [0, 0.05) is 24.3 Å². The Labute approximate surface area is 179 Å². The number of fused-ring (bicyclic) bond motifs is 1. The van der Waals surface area contributed by atoms with Gasteiger partial charge in [-0.1, -0.05) is 12.8 Å². The van der Waals surface area contributed by atoms with Gasteiger partial charge in [0.1, 0.15) is 17.1 Å². The van der Waals surface area contributed by atoms with Crippen LogP contribution in [-0.4, -0.2) is 50.5 Å². The maximum atomic E-state index is 13.2. The van der Waals surface area contributed by atoms with Gasteiger partial charge >= 0.3 is 0 Å². The summed E-state index contributed by atoms with van der Waals surface area (Å²) in [4.78, 5) is 40.5. The van der Waals surface area contributed by atoms with E-state index < -0.39 is 17.3 Å². The third-order valence-corrected chi connectivity index (χ3v) is 6.13. The highest BCUT2D eigenvalue weighted by Crippen LogP contribution is 2.28. The number of carbonyl (C=O) groups is 3. The minimum Gasteiger partial charge on any atom is -0.351 e. The summed E-state index contributed by atoms with van der Waals surface area (Å²) in [6.07, 6.45) is 4.08. The van der Waals surface area contributed by atoms with Crippen molar-refractivity contribution in [3.8, 4) is 0 Å². The van der Waals surface area contributed by atoms with Crippen molar-refractivity contribution >= 4 is 23.4 Å². The number of hydrogen-bond acceptors (Lipinski definition) is 4. The predicted octanol–water partition coefficient (Wildman–Crippen LogP) is 2.57. The Kier molecular flexibility index (Phi) is 5.51. The molecule has 4 rings (SSSR count). The van der Waals surface area contributed by atoms with Crippen molar-refractivity contribution in [2.45, 2.75) is 57.7 Å². The average molecular weight is 427 g/mol. The number of nitrogens with one attached hydrogen (secondary N) is 2. The highest BCUT2D eigenvalue weighted by molar-refractivity contribution is 6.05. The van der Waals surface area contributed by atoms with Gasteiger partial charge in [-0.15, -0.1) is 0 Å². The highest BCUT2D eigenvalue weighted by Gasteiger charge is 2.48. The van der Waals surface area contributed by atoms with E-state index >= 15 is 0 Å². The quantitative estimate of drug-likeness (QED) is 0.767. The lowest BCUT2D eigenvalue weighted by atomic mass is 9.94. The average Bonchev–Trinajstić information content (AvgIpc) is 3.40. The molecule has 0 saturated heterocycles. The van der Waals surface area contributed by atoms with Crippen molar-refractivity contribution in [3.63, 3.8) is 0 Å². The fourth-order valence-electron chi connectivity index (χ4n) is 4.39. The van der Waals surface area contributed by atoms with Crippen LogP contribution in [0.4, 0.5) is 10.1 Å². The Hall–Kier alpha value is -3.23. The largest absolute Gasteiger partial charge is 0.351 e. The van der Waals surface area contributed by atoms with Crippen LogP contribution in [0.25, 0.3) is 0 Å². The van der Waals surface area contributed by atoms with Crippen LogP contribution in [0.5, 0.6) is 0 Å². The normalized spacial score (nSPS) is 21.1. The molecule has 2 heterocycles. The van der Waals surface area contributed by atoms with Gasteiger partial charge in [-0.2, -0.15) is 5.10 Å². The van der Waals surface area contributed by atoms with Gasteiger partial charge in [-0.25, -0.2) is 4.39 Å². The molecule has 0 radical (unpaired) electrons. The van der Waals surface area contributed by atoms with Gasteiger partial charge in [-0.05, 0) is 51.0 Å². The van der Waals surface area contributed by atoms with Gasteiger partial charge in [0.25, 0.3) is 11.8 Å². The lowest BCUT2D eigenvalue weighted by Crippen LogP contribution is -2.64. The van der Waals surface area contributed by atoms with Crippen molar-refractivity contribution in [2.75, 3.05) is 11.9 Å². The fourth-order valence-corrected chi connectivity index (χ4v) is 4.39. The van der Waals surface area contributed by atoms with Crippen LogP contribution < -0.4 is 10.6 Å². The fraction of sp³-hybridized carbons (Fsp3) is 0.455. The molecule has 31 heavy (non-hydrogen) atoms. The molecule has 1 fully saturated rings. The molecule has 3 amide bonds. The molecule has 1 atom stereocenters. The second-order valence-corrected chi connectivity index (χ2v) is 8.31. The maximum absolute atomic E-state index is 13.2. The Morgan fingerprint density at radius 2 is 1.90 bits per heavy atom. The number of rotatable bonds is 5. The number of halogens is 1. The molecule has 9 heteroatoms. The number of hydrogen-bond donors (Lipinski definition) is 2. The monoisotopic (exact) mass is 427 g/mol. The van der Waals surface area contributed by atoms with Crippen molar-refractivity contribution in [3.05, 3.63) is 47.5 Å². The summed E-state index contributed by atoms with van der Waals surface area (Å²) in [5.74, 6) is -1.46. The number of benzene rings is 1. The van der Waals surface area contributed by atoms with E-state index in [9.17, 15) is 18.8 Å². The van der Waals surface area contributed by atoms with Crippen LogP contribution in [0.2, 0.25) is 0 Å². The topological polar surface area (TPSA) is 96.3 Å². The molecular weight excluding hydrogens is 401 g/mol. The van der Waals surface area contributed by atoms with E-state index in [1.807, 2.05) is 6.92 Å². The number of likely N-dealkylation sites (N-methyl/N-ethyl adjacent to an activating group) is 1. The van der Waals surface area contributed by atoms with Crippen LogP contribution in [0, 0.1) is 5.82 Å². The van der Waals surface area contributed by atoms with Crippen LogP contribution in [0.15, 0.2) is 30.3 Å². The molecule has 2 aliphatic rings. The van der Waals surface area contributed by atoms with Crippen LogP contribution >= 0.6 is 0 Å². The van der Waals surface area contributed by atoms with Crippen molar-refractivity contribution in [1.82, 2.24) is 20.0 Å². The first-order chi connectivity index (χ1) is 14.8. The van der Waals surface area contributed by atoms with E-state index in [0.717, 1.165) is 25.7 Å².